The van der Waals surface area contributed by atoms with Gasteiger partial charge >= 0.3 is 0 Å². The van der Waals surface area contributed by atoms with E-state index >= 15 is 0 Å². The number of anilines is 1. The standard InChI is InChI=1S/C28H32ClN3O4S/c1-30-28(34)26(20-22-10-5-3-6-11-22)31(21-23-15-17-24(29)18-16-23)27(33)14-9-19-32(37(2,35)36)25-12-7-4-8-13-25/h3-8,10-13,15-18,26H,9,14,19-21H2,1-2H3,(H,30,34)/t26-/m0/s1. The van der Waals surface area contributed by atoms with Gasteiger partial charge in [0, 0.05) is 38.0 Å². The van der Waals surface area contributed by atoms with E-state index in [2.05, 4.69) is 5.32 Å². The predicted octanol–water partition coefficient (Wildman–Crippen LogP) is 4.27. The van der Waals surface area contributed by atoms with Crippen molar-refractivity contribution in [1.82, 2.24) is 10.2 Å². The van der Waals surface area contributed by atoms with E-state index in [1.807, 2.05) is 48.5 Å². The van der Waals surface area contributed by atoms with Gasteiger partial charge in [-0.1, -0.05) is 72.3 Å². The molecule has 3 aromatic carbocycles. The number of benzene rings is 3. The Kier molecular flexibility index (Phi) is 10.1. The summed E-state index contributed by atoms with van der Waals surface area (Å²) in [7, 11) is -1.98. The lowest BCUT2D eigenvalue weighted by Gasteiger charge is -2.31. The van der Waals surface area contributed by atoms with Crippen molar-refractivity contribution in [1.29, 1.82) is 0 Å². The summed E-state index contributed by atoms with van der Waals surface area (Å²) >= 11 is 6.04. The van der Waals surface area contributed by atoms with Crippen molar-refractivity contribution in [2.45, 2.75) is 31.8 Å². The quantitative estimate of drug-likeness (QED) is 0.371. The van der Waals surface area contributed by atoms with Gasteiger partial charge in [0.2, 0.25) is 21.8 Å². The SMILES string of the molecule is CNC(=O)[C@H](Cc1ccccc1)N(Cc1ccc(Cl)cc1)C(=O)CCCN(c1ccccc1)S(C)(=O)=O. The molecule has 0 aliphatic rings. The molecule has 0 saturated carbocycles. The number of nitrogens with one attached hydrogen (secondary N) is 1. The van der Waals surface area contributed by atoms with E-state index in [0.29, 0.717) is 23.6 Å². The van der Waals surface area contributed by atoms with Gasteiger partial charge < -0.3 is 10.2 Å². The van der Waals surface area contributed by atoms with Crippen LogP contribution in [-0.2, 0) is 32.6 Å². The fraction of sp³-hybridized carbons (Fsp3) is 0.286. The van der Waals surface area contributed by atoms with Crippen molar-refractivity contribution < 1.29 is 18.0 Å². The van der Waals surface area contributed by atoms with Gasteiger partial charge in [-0.2, -0.15) is 0 Å². The molecule has 196 valence electrons. The molecule has 0 saturated heterocycles. The van der Waals surface area contributed by atoms with Crippen LogP contribution in [-0.4, -0.2) is 51.0 Å². The Morgan fingerprint density at radius 2 is 1.49 bits per heavy atom. The number of likely N-dealkylation sites (N-methyl/N-ethyl adjacent to an activating group) is 1. The largest absolute Gasteiger partial charge is 0.357 e. The summed E-state index contributed by atoms with van der Waals surface area (Å²) in [4.78, 5) is 28.1. The second kappa shape index (κ2) is 13.3. The summed E-state index contributed by atoms with van der Waals surface area (Å²) in [6, 6.07) is 24.7. The minimum absolute atomic E-state index is 0.0781. The molecule has 3 aromatic rings. The van der Waals surface area contributed by atoms with Crippen LogP contribution in [0.5, 0.6) is 0 Å². The minimum Gasteiger partial charge on any atom is -0.357 e. The molecule has 0 unspecified atom stereocenters. The Balaban J connectivity index is 1.83. The van der Waals surface area contributed by atoms with Crippen molar-refractivity contribution in [3.05, 3.63) is 101 Å². The number of halogens is 1. The van der Waals surface area contributed by atoms with Gasteiger partial charge in [0.1, 0.15) is 6.04 Å². The van der Waals surface area contributed by atoms with Gasteiger partial charge in [0.05, 0.1) is 11.9 Å². The number of hydrogen-bond donors (Lipinski definition) is 1. The van der Waals surface area contributed by atoms with Crippen LogP contribution >= 0.6 is 11.6 Å². The normalized spacial score (nSPS) is 12.0. The van der Waals surface area contributed by atoms with Crippen LogP contribution in [0.4, 0.5) is 5.69 Å². The van der Waals surface area contributed by atoms with Gasteiger partial charge in [-0.15, -0.1) is 0 Å². The molecule has 1 atom stereocenters. The van der Waals surface area contributed by atoms with E-state index < -0.39 is 16.1 Å². The summed E-state index contributed by atoms with van der Waals surface area (Å²) in [5, 5.41) is 3.27. The molecule has 2 amide bonds. The highest BCUT2D eigenvalue weighted by Gasteiger charge is 2.30. The first-order chi connectivity index (χ1) is 17.7. The Morgan fingerprint density at radius 3 is 2.05 bits per heavy atom. The van der Waals surface area contributed by atoms with Crippen LogP contribution in [0, 0.1) is 0 Å². The molecule has 0 aliphatic heterocycles. The monoisotopic (exact) mass is 541 g/mol. The van der Waals surface area contributed by atoms with Crippen LogP contribution in [0.3, 0.4) is 0 Å². The molecule has 7 nitrogen and oxygen atoms in total. The summed E-state index contributed by atoms with van der Waals surface area (Å²) < 4.78 is 26.1. The van der Waals surface area contributed by atoms with E-state index in [4.69, 9.17) is 11.6 Å². The average molecular weight is 542 g/mol. The van der Waals surface area contributed by atoms with Crippen LogP contribution < -0.4 is 9.62 Å². The van der Waals surface area contributed by atoms with Gasteiger partial charge in [-0.05, 0) is 41.8 Å². The number of rotatable bonds is 12. The number of hydrogen-bond acceptors (Lipinski definition) is 4. The highest BCUT2D eigenvalue weighted by Crippen LogP contribution is 2.20. The summed E-state index contributed by atoms with van der Waals surface area (Å²) in [5.74, 6) is -0.505. The first-order valence-electron chi connectivity index (χ1n) is 12.0. The second-order valence-electron chi connectivity index (χ2n) is 8.74. The Labute approximate surface area is 224 Å². The molecule has 3 rings (SSSR count). The van der Waals surface area contributed by atoms with Crippen LogP contribution in [0.1, 0.15) is 24.0 Å². The third-order valence-electron chi connectivity index (χ3n) is 5.98. The van der Waals surface area contributed by atoms with Crippen LogP contribution in [0.15, 0.2) is 84.9 Å². The van der Waals surface area contributed by atoms with Crippen molar-refractivity contribution in [2.75, 3.05) is 24.2 Å². The Hall–Kier alpha value is -3.36. The van der Waals surface area contributed by atoms with Crippen LogP contribution in [0.25, 0.3) is 0 Å². The number of carbonyl (C=O) groups excluding carboxylic acids is 2. The number of carbonyl (C=O) groups is 2. The molecule has 0 aliphatic carbocycles. The van der Waals surface area contributed by atoms with E-state index in [9.17, 15) is 18.0 Å². The van der Waals surface area contributed by atoms with Gasteiger partial charge in [-0.3, -0.25) is 13.9 Å². The first-order valence-corrected chi connectivity index (χ1v) is 14.2. The topological polar surface area (TPSA) is 86.8 Å². The fourth-order valence-electron chi connectivity index (χ4n) is 4.11. The van der Waals surface area contributed by atoms with Gasteiger partial charge in [-0.25, -0.2) is 8.42 Å². The van der Waals surface area contributed by atoms with Gasteiger partial charge in [0.25, 0.3) is 0 Å². The number of amides is 2. The maximum absolute atomic E-state index is 13.6. The molecule has 1 N–H and O–H groups in total. The molecule has 0 heterocycles. The summed E-state index contributed by atoms with van der Waals surface area (Å²) in [6.07, 6.45) is 1.87. The predicted molar refractivity (Wildman–Crippen MR) is 148 cm³/mol. The third-order valence-corrected chi connectivity index (χ3v) is 7.43. The summed E-state index contributed by atoms with van der Waals surface area (Å²) in [6.45, 7) is 0.363. The van der Waals surface area contributed by atoms with Gasteiger partial charge in [0.15, 0.2) is 0 Å². The Bertz CT molecular complexity index is 1270. The maximum atomic E-state index is 13.6. The summed E-state index contributed by atoms with van der Waals surface area (Å²) in [5.41, 5.74) is 2.31. The zero-order chi connectivity index (χ0) is 26.8. The fourth-order valence-corrected chi connectivity index (χ4v) is 5.20. The highest BCUT2D eigenvalue weighted by atomic mass is 35.5. The first kappa shape index (κ1) is 28.2. The molecule has 37 heavy (non-hydrogen) atoms. The lowest BCUT2D eigenvalue weighted by molar-refractivity contribution is -0.141. The average Bonchev–Trinajstić information content (AvgIpc) is 2.89. The molecular weight excluding hydrogens is 510 g/mol. The van der Waals surface area contributed by atoms with Crippen molar-refractivity contribution in [2.24, 2.45) is 0 Å². The molecule has 0 aromatic heterocycles. The lowest BCUT2D eigenvalue weighted by atomic mass is 10.0. The molecule has 0 spiro atoms. The molecule has 0 fully saturated rings. The molecule has 9 heteroatoms. The second-order valence-corrected chi connectivity index (χ2v) is 11.1. The van der Waals surface area contributed by atoms with Crippen molar-refractivity contribution in [3.8, 4) is 0 Å². The molecular formula is C28H32ClN3O4S. The molecule has 0 bridgehead atoms. The number of sulfonamides is 1. The Morgan fingerprint density at radius 1 is 0.892 bits per heavy atom. The third kappa shape index (κ3) is 8.33. The zero-order valence-electron chi connectivity index (χ0n) is 21.0. The van der Waals surface area contributed by atoms with E-state index in [-0.39, 0.29) is 31.3 Å². The number of para-hydroxylation sites is 1. The van der Waals surface area contributed by atoms with E-state index in [1.165, 1.54) is 4.31 Å². The highest BCUT2D eigenvalue weighted by molar-refractivity contribution is 7.92. The van der Waals surface area contributed by atoms with Crippen molar-refractivity contribution >= 4 is 39.1 Å². The maximum Gasteiger partial charge on any atom is 0.242 e. The van der Waals surface area contributed by atoms with Crippen LogP contribution in [0.2, 0.25) is 5.02 Å². The minimum atomic E-state index is -3.53. The van der Waals surface area contributed by atoms with E-state index in [1.54, 1.807) is 48.3 Å². The lowest BCUT2D eigenvalue weighted by Crippen LogP contribution is -2.49. The van der Waals surface area contributed by atoms with E-state index in [0.717, 1.165) is 17.4 Å². The van der Waals surface area contributed by atoms with Crippen molar-refractivity contribution in [3.63, 3.8) is 0 Å². The zero-order valence-corrected chi connectivity index (χ0v) is 22.6. The molecule has 0 radical (unpaired) electrons. The smallest absolute Gasteiger partial charge is 0.242 e. The number of nitrogens with zero attached hydrogens (tertiary/aromatic N) is 2.